The van der Waals surface area contributed by atoms with E-state index in [0.717, 1.165) is 24.3 Å². The van der Waals surface area contributed by atoms with E-state index in [1.54, 1.807) is 23.9 Å². The van der Waals surface area contributed by atoms with Crippen LogP contribution in [-0.2, 0) is 11.8 Å². The molecule has 1 aromatic heterocycles. The second-order valence-electron chi connectivity index (χ2n) is 4.84. The zero-order valence-corrected chi connectivity index (χ0v) is 11.3. The van der Waals surface area contributed by atoms with E-state index in [2.05, 4.69) is 10.00 Å². The Morgan fingerprint density at radius 2 is 2.00 bits per heavy atom. The predicted molar refractivity (Wildman–Crippen MR) is 76.0 cm³/mol. The van der Waals surface area contributed by atoms with E-state index >= 15 is 0 Å². The Bertz CT molecular complexity index is 600. The van der Waals surface area contributed by atoms with Gasteiger partial charge < -0.3 is 15.4 Å². The first kappa shape index (κ1) is 12.9. The van der Waals surface area contributed by atoms with Crippen LogP contribution in [0.1, 0.15) is 0 Å². The summed E-state index contributed by atoms with van der Waals surface area (Å²) in [5, 5.41) is 4.34. The molecule has 1 saturated heterocycles. The fraction of sp³-hybridized carbons (Fsp3) is 0.357. The topological polar surface area (TPSA) is 56.3 Å². The highest BCUT2D eigenvalue weighted by Crippen LogP contribution is 2.32. The minimum absolute atomic E-state index is 0.277. The Kier molecular flexibility index (Phi) is 3.31. The molecule has 0 aliphatic carbocycles. The number of hydrogen-bond acceptors (Lipinski definition) is 4. The van der Waals surface area contributed by atoms with Crippen LogP contribution in [0.3, 0.4) is 0 Å². The van der Waals surface area contributed by atoms with E-state index in [4.69, 9.17) is 10.5 Å². The molecule has 0 radical (unpaired) electrons. The second-order valence-corrected chi connectivity index (χ2v) is 4.84. The molecule has 2 heterocycles. The molecule has 0 saturated carbocycles. The fourth-order valence-corrected chi connectivity index (χ4v) is 2.41. The summed E-state index contributed by atoms with van der Waals surface area (Å²) in [5.41, 5.74) is 8.23. The van der Waals surface area contributed by atoms with Crippen molar-refractivity contribution in [3.63, 3.8) is 0 Å². The van der Waals surface area contributed by atoms with Gasteiger partial charge in [0.15, 0.2) is 0 Å². The summed E-state index contributed by atoms with van der Waals surface area (Å²) in [5.74, 6) is 0.276. The molecule has 106 valence electrons. The van der Waals surface area contributed by atoms with E-state index in [0.29, 0.717) is 24.7 Å². The van der Waals surface area contributed by atoms with Gasteiger partial charge in [0.05, 0.1) is 18.9 Å². The SMILES string of the molecule is Cn1nc(-c2cc(F)ccc2N2CCOCC2)cc1N. The minimum atomic E-state index is -0.277. The van der Waals surface area contributed by atoms with Gasteiger partial charge in [0, 0.05) is 37.5 Å². The highest BCUT2D eigenvalue weighted by molar-refractivity contribution is 5.77. The maximum Gasteiger partial charge on any atom is 0.124 e. The third-order valence-corrected chi connectivity index (χ3v) is 3.50. The third-order valence-electron chi connectivity index (χ3n) is 3.50. The lowest BCUT2D eigenvalue weighted by atomic mass is 10.1. The van der Waals surface area contributed by atoms with Crippen molar-refractivity contribution in [3.05, 3.63) is 30.1 Å². The van der Waals surface area contributed by atoms with E-state index in [-0.39, 0.29) is 5.82 Å². The normalized spacial score (nSPS) is 15.6. The van der Waals surface area contributed by atoms with Crippen molar-refractivity contribution in [1.82, 2.24) is 9.78 Å². The van der Waals surface area contributed by atoms with Gasteiger partial charge in [-0.05, 0) is 18.2 Å². The van der Waals surface area contributed by atoms with Gasteiger partial charge >= 0.3 is 0 Å². The largest absolute Gasteiger partial charge is 0.384 e. The number of halogens is 1. The van der Waals surface area contributed by atoms with Gasteiger partial charge in [-0.15, -0.1) is 0 Å². The molecule has 0 bridgehead atoms. The lowest BCUT2D eigenvalue weighted by Crippen LogP contribution is -2.36. The van der Waals surface area contributed by atoms with E-state index in [9.17, 15) is 4.39 Å². The Morgan fingerprint density at radius 1 is 1.25 bits per heavy atom. The average molecular weight is 276 g/mol. The van der Waals surface area contributed by atoms with Crippen molar-refractivity contribution in [1.29, 1.82) is 0 Å². The number of morpholine rings is 1. The zero-order valence-electron chi connectivity index (χ0n) is 11.3. The highest BCUT2D eigenvalue weighted by atomic mass is 19.1. The number of ether oxygens (including phenoxy) is 1. The maximum absolute atomic E-state index is 13.6. The number of nitrogens with two attached hydrogens (primary N) is 1. The molecular formula is C14H17FN4O. The molecule has 6 heteroatoms. The van der Waals surface area contributed by atoms with E-state index in [1.807, 2.05) is 0 Å². The quantitative estimate of drug-likeness (QED) is 0.906. The van der Waals surface area contributed by atoms with Gasteiger partial charge in [0.2, 0.25) is 0 Å². The molecule has 0 unspecified atom stereocenters. The number of rotatable bonds is 2. The van der Waals surface area contributed by atoms with Gasteiger partial charge in [0.25, 0.3) is 0 Å². The number of anilines is 2. The summed E-state index contributed by atoms with van der Waals surface area (Å²) in [6.45, 7) is 2.95. The smallest absolute Gasteiger partial charge is 0.124 e. The maximum atomic E-state index is 13.6. The molecular weight excluding hydrogens is 259 g/mol. The van der Waals surface area contributed by atoms with E-state index < -0.39 is 0 Å². The molecule has 1 aromatic carbocycles. The standard InChI is InChI=1S/C14H17FN4O/c1-18-14(16)9-12(17-18)11-8-10(15)2-3-13(11)19-4-6-20-7-5-19/h2-3,8-9H,4-7,16H2,1H3. The fourth-order valence-electron chi connectivity index (χ4n) is 2.41. The van der Waals surface area contributed by atoms with Crippen LogP contribution in [-0.4, -0.2) is 36.1 Å². The number of aryl methyl sites for hydroxylation is 1. The molecule has 0 amide bonds. The number of nitrogens with zero attached hydrogens (tertiary/aromatic N) is 3. The molecule has 1 fully saturated rings. The van der Waals surface area contributed by atoms with Gasteiger partial charge in [-0.1, -0.05) is 0 Å². The van der Waals surface area contributed by atoms with Gasteiger partial charge in [-0.25, -0.2) is 4.39 Å². The predicted octanol–water partition coefficient (Wildman–Crippen LogP) is 1.64. The van der Waals surface area contributed by atoms with Gasteiger partial charge in [-0.3, -0.25) is 4.68 Å². The first-order valence-corrected chi connectivity index (χ1v) is 6.57. The number of benzene rings is 1. The molecule has 2 aromatic rings. The van der Waals surface area contributed by atoms with Crippen molar-refractivity contribution in [2.75, 3.05) is 36.9 Å². The molecule has 2 N–H and O–H groups in total. The van der Waals surface area contributed by atoms with Crippen molar-refractivity contribution < 1.29 is 9.13 Å². The molecule has 0 spiro atoms. The monoisotopic (exact) mass is 276 g/mol. The van der Waals surface area contributed by atoms with Gasteiger partial charge in [-0.2, -0.15) is 5.10 Å². The van der Waals surface area contributed by atoms with Crippen molar-refractivity contribution in [2.45, 2.75) is 0 Å². The molecule has 0 atom stereocenters. The average Bonchev–Trinajstić information content (AvgIpc) is 2.79. The van der Waals surface area contributed by atoms with Crippen LogP contribution in [0.5, 0.6) is 0 Å². The Morgan fingerprint density at radius 3 is 2.65 bits per heavy atom. The zero-order chi connectivity index (χ0) is 14.1. The molecule has 20 heavy (non-hydrogen) atoms. The van der Waals surface area contributed by atoms with Crippen LogP contribution in [0, 0.1) is 5.82 Å². The summed E-state index contributed by atoms with van der Waals surface area (Å²) in [7, 11) is 1.77. The number of aromatic nitrogens is 2. The van der Waals surface area contributed by atoms with Crippen LogP contribution in [0.2, 0.25) is 0 Å². The minimum Gasteiger partial charge on any atom is -0.384 e. The number of hydrogen-bond donors (Lipinski definition) is 1. The van der Waals surface area contributed by atoms with E-state index in [1.165, 1.54) is 12.1 Å². The van der Waals surface area contributed by atoms with Crippen LogP contribution in [0.25, 0.3) is 11.3 Å². The van der Waals surface area contributed by atoms with Gasteiger partial charge in [0.1, 0.15) is 11.6 Å². The Hall–Kier alpha value is -2.08. The van der Waals surface area contributed by atoms with Crippen molar-refractivity contribution in [2.24, 2.45) is 7.05 Å². The highest BCUT2D eigenvalue weighted by Gasteiger charge is 2.18. The first-order chi connectivity index (χ1) is 9.65. The summed E-state index contributed by atoms with van der Waals surface area (Å²) in [6.07, 6.45) is 0. The van der Waals surface area contributed by atoms with Crippen LogP contribution in [0.15, 0.2) is 24.3 Å². The molecule has 1 aliphatic rings. The van der Waals surface area contributed by atoms with Crippen LogP contribution >= 0.6 is 0 Å². The number of nitrogen functional groups attached to an aromatic ring is 1. The van der Waals surface area contributed by atoms with Crippen LogP contribution < -0.4 is 10.6 Å². The lowest BCUT2D eigenvalue weighted by molar-refractivity contribution is 0.123. The Labute approximate surface area is 116 Å². The summed E-state index contributed by atoms with van der Waals surface area (Å²) in [6, 6.07) is 6.53. The van der Waals surface area contributed by atoms with Crippen LogP contribution in [0.4, 0.5) is 15.9 Å². The first-order valence-electron chi connectivity index (χ1n) is 6.57. The molecule has 3 rings (SSSR count). The summed E-state index contributed by atoms with van der Waals surface area (Å²) in [4.78, 5) is 2.18. The third kappa shape index (κ3) is 2.34. The second kappa shape index (κ2) is 5.13. The molecule has 1 aliphatic heterocycles. The Balaban J connectivity index is 2.05. The summed E-state index contributed by atoms with van der Waals surface area (Å²) < 4.78 is 20.5. The summed E-state index contributed by atoms with van der Waals surface area (Å²) >= 11 is 0. The lowest BCUT2D eigenvalue weighted by Gasteiger charge is -2.30. The molecule has 5 nitrogen and oxygen atoms in total. The van der Waals surface area contributed by atoms with Crippen molar-refractivity contribution in [3.8, 4) is 11.3 Å². The van der Waals surface area contributed by atoms with Crippen molar-refractivity contribution >= 4 is 11.5 Å².